The molecule has 0 amide bonds. The second-order valence-electron chi connectivity index (χ2n) is 7.45. The SMILES string of the molecule is COC(=O)c1c(O)n(OCc2ccccc2)c(=O)c2cc(NCC(=O)c3ccccc3)ccc12. The minimum Gasteiger partial charge on any atom is -0.492 e. The van der Waals surface area contributed by atoms with Crippen molar-refractivity contribution in [2.45, 2.75) is 6.61 Å². The highest BCUT2D eigenvalue weighted by atomic mass is 16.7. The van der Waals surface area contributed by atoms with Gasteiger partial charge in [0.15, 0.2) is 5.78 Å². The predicted octanol–water partition coefficient (Wildman–Crippen LogP) is 3.42. The number of nitrogens with zero attached hydrogens (tertiary/aromatic N) is 1. The number of esters is 1. The van der Waals surface area contributed by atoms with Crippen LogP contribution in [0.15, 0.2) is 83.7 Å². The van der Waals surface area contributed by atoms with Crippen molar-refractivity contribution in [2.75, 3.05) is 19.0 Å². The number of fused-ring (bicyclic) bond motifs is 1. The van der Waals surface area contributed by atoms with E-state index in [0.717, 1.165) is 5.56 Å². The summed E-state index contributed by atoms with van der Waals surface area (Å²) < 4.78 is 5.49. The maximum atomic E-state index is 13.2. The minimum atomic E-state index is -0.820. The van der Waals surface area contributed by atoms with Crippen LogP contribution in [-0.4, -0.2) is 35.2 Å². The van der Waals surface area contributed by atoms with E-state index in [-0.39, 0.29) is 35.3 Å². The smallest absolute Gasteiger partial charge is 0.344 e. The number of hydrogen-bond donors (Lipinski definition) is 2. The van der Waals surface area contributed by atoms with Crippen molar-refractivity contribution in [3.63, 3.8) is 0 Å². The fraction of sp³-hybridized carbons (Fsp3) is 0.115. The van der Waals surface area contributed by atoms with Gasteiger partial charge < -0.3 is 20.0 Å². The maximum absolute atomic E-state index is 13.2. The highest BCUT2D eigenvalue weighted by Crippen LogP contribution is 2.27. The lowest BCUT2D eigenvalue weighted by Gasteiger charge is -2.15. The van der Waals surface area contributed by atoms with Crippen LogP contribution in [0.1, 0.15) is 26.3 Å². The standard InChI is InChI=1S/C26H22N2O6/c1-33-26(32)23-20-13-12-19(27-15-22(29)18-10-6-3-7-11-18)14-21(20)24(30)28(25(23)31)34-16-17-8-4-2-5-9-17/h2-14,27,31H,15-16H2,1H3. The summed E-state index contributed by atoms with van der Waals surface area (Å²) in [6, 6.07) is 22.5. The Labute approximate surface area is 194 Å². The Kier molecular flexibility index (Phi) is 6.59. The summed E-state index contributed by atoms with van der Waals surface area (Å²) >= 11 is 0. The number of hydrogen-bond acceptors (Lipinski definition) is 7. The summed E-state index contributed by atoms with van der Waals surface area (Å²) in [5.41, 5.74) is 0.963. The van der Waals surface area contributed by atoms with Crippen molar-refractivity contribution >= 4 is 28.2 Å². The van der Waals surface area contributed by atoms with Gasteiger partial charge in [-0.05, 0) is 17.7 Å². The fourth-order valence-electron chi connectivity index (χ4n) is 3.52. The van der Waals surface area contributed by atoms with Crippen molar-refractivity contribution in [3.05, 3.63) is 106 Å². The van der Waals surface area contributed by atoms with Crippen LogP contribution in [0.25, 0.3) is 10.8 Å². The summed E-state index contributed by atoms with van der Waals surface area (Å²) in [4.78, 5) is 43.6. The van der Waals surface area contributed by atoms with Gasteiger partial charge in [-0.2, -0.15) is 0 Å². The predicted molar refractivity (Wildman–Crippen MR) is 127 cm³/mol. The number of anilines is 1. The third-order valence-corrected chi connectivity index (χ3v) is 5.26. The zero-order chi connectivity index (χ0) is 24.1. The Morgan fingerprint density at radius 2 is 1.62 bits per heavy atom. The van der Waals surface area contributed by atoms with Crippen LogP contribution in [0.5, 0.6) is 5.88 Å². The number of nitrogens with one attached hydrogen (secondary N) is 1. The van der Waals surface area contributed by atoms with Gasteiger partial charge in [0.05, 0.1) is 19.0 Å². The van der Waals surface area contributed by atoms with Crippen molar-refractivity contribution < 1.29 is 24.3 Å². The van der Waals surface area contributed by atoms with Gasteiger partial charge in [0.1, 0.15) is 12.2 Å². The lowest BCUT2D eigenvalue weighted by molar-refractivity contribution is 0.0553. The van der Waals surface area contributed by atoms with Crippen LogP contribution in [-0.2, 0) is 11.3 Å². The molecule has 0 atom stereocenters. The number of ketones is 1. The summed E-state index contributed by atoms with van der Waals surface area (Å²) in [7, 11) is 1.18. The number of carbonyl (C=O) groups is 2. The summed E-state index contributed by atoms with van der Waals surface area (Å²) in [6.07, 6.45) is 0. The van der Waals surface area contributed by atoms with Gasteiger partial charge in [0, 0.05) is 16.6 Å². The van der Waals surface area contributed by atoms with Crippen LogP contribution >= 0.6 is 0 Å². The molecule has 3 aromatic carbocycles. The number of methoxy groups -OCH3 is 1. The number of aromatic nitrogens is 1. The van der Waals surface area contributed by atoms with E-state index < -0.39 is 17.4 Å². The second-order valence-corrected chi connectivity index (χ2v) is 7.45. The Hall–Kier alpha value is -4.59. The van der Waals surface area contributed by atoms with Crippen LogP contribution in [0.3, 0.4) is 0 Å². The Bertz CT molecular complexity index is 1400. The normalized spacial score (nSPS) is 10.6. The molecule has 0 saturated heterocycles. The first-order chi connectivity index (χ1) is 16.5. The third-order valence-electron chi connectivity index (χ3n) is 5.26. The molecule has 0 bridgehead atoms. The van der Waals surface area contributed by atoms with Gasteiger partial charge in [-0.3, -0.25) is 9.59 Å². The Morgan fingerprint density at radius 3 is 2.29 bits per heavy atom. The molecule has 0 aliphatic heterocycles. The number of carbonyl (C=O) groups excluding carboxylic acids is 2. The molecule has 1 heterocycles. The largest absolute Gasteiger partial charge is 0.492 e. The molecule has 8 nitrogen and oxygen atoms in total. The molecule has 0 aliphatic carbocycles. The monoisotopic (exact) mass is 458 g/mol. The van der Waals surface area contributed by atoms with Crippen molar-refractivity contribution in [1.82, 2.24) is 4.73 Å². The average molecular weight is 458 g/mol. The molecule has 34 heavy (non-hydrogen) atoms. The highest BCUT2D eigenvalue weighted by Gasteiger charge is 2.24. The number of benzene rings is 3. The van der Waals surface area contributed by atoms with E-state index in [0.29, 0.717) is 16.0 Å². The molecule has 0 spiro atoms. The molecule has 0 saturated carbocycles. The van der Waals surface area contributed by atoms with Gasteiger partial charge in [0.2, 0.25) is 5.88 Å². The quantitative estimate of drug-likeness (QED) is 0.308. The van der Waals surface area contributed by atoms with Crippen molar-refractivity contribution in [2.24, 2.45) is 0 Å². The number of pyridine rings is 1. The van der Waals surface area contributed by atoms with Crippen molar-refractivity contribution in [3.8, 4) is 5.88 Å². The van der Waals surface area contributed by atoms with Crippen LogP contribution in [0.4, 0.5) is 5.69 Å². The molecule has 4 rings (SSSR count). The van der Waals surface area contributed by atoms with Gasteiger partial charge in [-0.25, -0.2) is 4.79 Å². The van der Waals surface area contributed by atoms with Gasteiger partial charge in [-0.15, -0.1) is 4.73 Å². The van der Waals surface area contributed by atoms with E-state index >= 15 is 0 Å². The zero-order valence-corrected chi connectivity index (χ0v) is 18.4. The van der Waals surface area contributed by atoms with Gasteiger partial charge in [0.25, 0.3) is 5.56 Å². The maximum Gasteiger partial charge on any atom is 0.344 e. The topological polar surface area (TPSA) is 107 Å². The molecule has 8 heteroatoms. The second kappa shape index (κ2) is 9.91. The molecule has 172 valence electrons. The lowest BCUT2D eigenvalue weighted by atomic mass is 10.1. The minimum absolute atomic E-state index is 0.00998. The molecule has 0 unspecified atom stereocenters. The van der Waals surface area contributed by atoms with E-state index in [1.807, 2.05) is 24.3 Å². The zero-order valence-electron chi connectivity index (χ0n) is 18.4. The van der Waals surface area contributed by atoms with E-state index in [4.69, 9.17) is 9.57 Å². The Balaban J connectivity index is 1.70. The summed E-state index contributed by atoms with van der Waals surface area (Å²) in [6.45, 7) is 0.000103. The molecule has 0 aliphatic rings. The molecule has 0 fully saturated rings. The summed E-state index contributed by atoms with van der Waals surface area (Å²) in [5, 5.41) is 14.0. The first-order valence-corrected chi connectivity index (χ1v) is 10.5. The molecular weight excluding hydrogens is 436 g/mol. The van der Waals surface area contributed by atoms with Gasteiger partial charge >= 0.3 is 5.97 Å². The van der Waals surface area contributed by atoms with E-state index in [1.54, 1.807) is 42.5 Å². The van der Waals surface area contributed by atoms with Gasteiger partial charge in [-0.1, -0.05) is 66.7 Å². The molecular formula is C26H22N2O6. The fourth-order valence-corrected chi connectivity index (χ4v) is 3.52. The molecule has 2 N–H and O–H groups in total. The number of aromatic hydroxyl groups is 1. The Morgan fingerprint density at radius 1 is 0.941 bits per heavy atom. The van der Waals surface area contributed by atoms with E-state index in [1.165, 1.54) is 19.2 Å². The number of ether oxygens (including phenoxy) is 1. The number of rotatable bonds is 8. The molecule has 0 radical (unpaired) electrons. The molecule has 1 aromatic heterocycles. The van der Waals surface area contributed by atoms with Crippen LogP contribution in [0.2, 0.25) is 0 Å². The summed E-state index contributed by atoms with van der Waals surface area (Å²) in [5.74, 6) is -1.59. The van der Waals surface area contributed by atoms with Crippen molar-refractivity contribution in [1.29, 1.82) is 0 Å². The number of Topliss-reactive ketones (excluding diaryl/α,β-unsaturated/α-hetero) is 1. The average Bonchev–Trinajstić information content (AvgIpc) is 2.88. The van der Waals surface area contributed by atoms with E-state index in [2.05, 4.69) is 5.32 Å². The third kappa shape index (κ3) is 4.61. The van der Waals surface area contributed by atoms with E-state index in [9.17, 15) is 19.5 Å². The first-order valence-electron chi connectivity index (χ1n) is 10.5. The lowest BCUT2D eigenvalue weighted by Crippen LogP contribution is -2.29. The first kappa shape index (κ1) is 22.6. The highest BCUT2D eigenvalue weighted by molar-refractivity contribution is 6.07. The van der Waals surface area contributed by atoms with Crippen LogP contribution in [0, 0.1) is 0 Å². The molecule has 4 aromatic rings. The van der Waals surface area contributed by atoms with Crippen LogP contribution < -0.4 is 15.7 Å².